The first-order valence-corrected chi connectivity index (χ1v) is 5.66. The van der Waals surface area contributed by atoms with E-state index < -0.39 is 0 Å². The zero-order valence-electron chi connectivity index (χ0n) is 8.46. The van der Waals surface area contributed by atoms with Gasteiger partial charge in [0.1, 0.15) is 0 Å². The van der Waals surface area contributed by atoms with Gasteiger partial charge in [-0.05, 0) is 43.0 Å². The summed E-state index contributed by atoms with van der Waals surface area (Å²) in [6.07, 6.45) is 2.55. The highest BCUT2D eigenvalue weighted by atomic mass is 35.5. The molecule has 1 aromatic rings. The van der Waals surface area contributed by atoms with Crippen LogP contribution in [0.1, 0.15) is 31.2 Å². The van der Waals surface area contributed by atoms with E-state index in [1.165, 1.54) is 18.4 Å². The Morgan fingerprint density at radius 2 is 1.93 bits per heavy atom. The van der Waals surface area contributed by atoms with Crippen molar-refractivity contribution in [2.75, 3.05) is 6.54 Å². The first kappa shape index (κ1) is 10.0. The van der Waals surface area contributed by atoms with E-state index in [1.54, 1.807) is 0 Å². The summed E-state index contributed by atoms with van der Waals surface area (Å²) < 4.78 is 0. The summed E-state index contributed by atoms with van der Waals surface area (Å²) in [7, 11) is 0. The lowest BCUT2D eigenvalue weighted by Crippen LogP contribution is -2.39. The minimum Gasteiger partial charge on any atom is -0.314 e. The van der Waals surface area contributed by atoms with Crippen molar-refractivity contribution >= 4 is 11.6 Å². The van der Waals surface area contributed by atoms with E-state index in [4.69, 9.17) is 11.6 Å². The van der Waals surface area contributed by atoms with Gasteiger partial charge in [0.25, 0.3) is 0 Å². The molecule has 1 nitrogen and oxygen atoms in total. The molecule has 2 rings (SSSR count). The third kappa shape index (κ3) is 2.10. The third-order valence-corrected chi connectivity index (χ3v) is 3.22. The molecule has 1 aliphatic rings. The quantitative estimate of drug-likeness (QED) is 0.807. The SMILES string of the molecule is CCNC1CC(c2ccc(Cl)cc2)C1. The molecule has 0 atom stereocenters. The molecule has 0 unspecified atom stereocenters. The molecule has 2 heteroatoms. The first-order chi connectivity index (χ1) is 6.79. The highest BCUT2D eigenvalue weighted by molar-refractivity contribution is 6.30. The Labute approximate surface area is 90.5 Å². The maximum Gasteiger partial charge on any atom is 0.0406 e. The molecule has 14 heavy (non-hydrogen) atoms. The van der Waals surface area contributed by atoms with Crippen LogP contribution in [0.3, 0.4) is 0 Å². The predicted octanol–water partition coefficient (Wildman–Crippen LogP) is 3.20. The molecule has 0 bridgehead atoms. The monoisotopic (exact) mass is 209 g/mol. The maximum absolute atomic E-state index is 5.84. The van der Waals surface area contributed by atoms with E-state index in [0.29, 0.717) is 0 Å². The predicted molar refractivity (Wildman–Crippen MR) is 60.9 cm³/mol. The van der Waals surface area contributed by atoms with Crippen LogP contribution in [0.5, 0.6) is 0 Å². The number of benzene rings is 1. The Balaban J connectivity index is 1.90. The molecule has 0 aliphatic heterocycles. The van der Waals surface area contributed by atoms with E-state index in [9.17, 15) is 0 Å². The molecule has 1 aromatic carbocycles. The molecule has 0 saturated heterocycles. The molecular weight excluding hydrogens is 194 g/mol. The van der Waals surface area contributed by atoms with Gasteiger partial charge in [-0.1, -0.05) is 30.7 Å². The van der Waals surface area contributed by atoms with Gasteiger partial charge in [-0.2, -0.15) is 0 Å². The Hall–Kier alpha value is -0.530. The third-order valence-electron chi connectivity index (χ3n) is 2.97. The van der Waals surface area contributed by atoms with Gasteiger partial charge in [0.05, 0.1) is 0 Å². The van der Waals surface area contributed by atoms with Gasteiger partial charge in [-0.3, -0.25) is 0 Å². The molecule has 1 aliphatic carbocycles. The zero-order valence-corrected chi connectivity index (χ0v) is 9.22. The van der Waals surface area contributed by atoms with Crippen LogP contribution in [0.2, 0.25) is 5.02 Å². The molecule has 0 radical (unpaired) electrons. The Morgan fingerprint density at radius 3 is 2.50 bits per heavy atom. The summed E-state index contributed by atoms with van der Waals surface area (Å²) >= 11 is 5.84. The highest BCUT2D eigenvalue weighted by Gasteiger charge is 2.29. The second-order valence-electron chi connectivity index (χ2n) is 3.97. The summed E-state index contributed by atoms with van der Waals surface area (Å²) in [5.74, 6) is 0.747. The number of hydrogen-bond acceptors (Lipinski definition) is 1. The highest BCUT2D eigenvalue weighted by Crippen LogP contribution is 2.36. The topological polar surface area (TPSA) is 12.0 Å². The smallest absolute Gasteiger partial charge is 0.0406 e. The van der Waals surface area contributed by atoms with Crippen LogP contribution < -0.4 is 5.32 Å². The van der Waals surface area contributed by atoms with Crippen LogP contribution in [-0.4, -0.2) is 12.6 Å². The molecular formula is C12H16ClN. The molecule has 1 fully saturated rings. The molecule has 0 amide bonds. The number of halogens is 1. The summed E-state index contributed by atoms with van der Waals surface area (Å²) in [6.45, 7) is 3.24. The summed E-state index contributed by atoms with van der Waals surface area (Å²) in [4.78, 5) is 0. The Morgan fingerprint density at radius 1 is 1.29 bits per heavy atom. The van der Waals surface area contributed by atoms with Gasteiger partial charge in [0.15, 0.2) is 0 Å². The first-order valence-electron chi connectivity index (χ1n) is 5.28. The molecule has 1 saturated carbocycles. The molecule has 0 heterocycles. The second-order valence-corrected chi connectivity index (χ2v) is 4.41. The van der Waals surface area contributed by atoms with Gasteiger partial charge in [0.2, 0.25) is 0 Å². The van der Waals surface area contributed by atoms with Crippen molar-refractivity contribution in [3.8, 4) is 0 Å². The molecule has 0 aromatic heterocycles. The molecule has 1 N–H and O–H groups in total. The van der Waals surface area contributed by atoms with Crippen molar-refractivity contribution in [1.29, 1.82) is 0 Å². The number of hydrogen-bond donors (Lipinski definition) is 1. The fourth-order valence-corrected chi connectivity index (χ4v) is 2.21. The largest absolute Gasteiger partial charge is 0.314 e. The van der Waals surface area contributed by atoms with Crippen molar-refractivity contribution < 1.29 is 0 Å². The Bertz CT molecular complexity index is 288. The van der Waals surface area contributed by atoms with E-state index in [0.717, 1.165) is 23.5 Å². The zero-order chi connectivity index (χ0) is 9.97. The Kier molecular flexibility index (Phi) is 3.09. The summed E-state index contributed by atoms with van der Waals surface area (Å²) in [5.41, 5.74) is 1.43. The van der Waals surface area contributed by atoms with E-state index in [1.807, 2.05) is 12.1 Å². The summed E-state index contributed by atoms with van der Waals surface area (Å²) in [6, 6.07) is 9.00. The van der Waals surface area contributed by atoms with Crippen LogP contribution in [0.15, 0.2) is 24.3 Å². The van der Waals surface area contributed by atoms with Crippen molar-refractivity contribution in [2.45, 2.75) is 31.7 Å². The van der Waals surface area contributed by atoms with E-state index >= 15 is 0 Å². The minimum atomic E-state index is 0.737. The van der Waals surface area contributed by atoms with Crippen LogP contribution in [0, 0.1) is 0 Å². The lowest BCUT2D eigenvalue weighted by molar-refractivity contribution is 0.296. The van der Waals surface area contributed by atoms with Crippen LogP contribution in [-0.2, 0) is 0 Å². The lowest BCUT2D eigenvalue weighted by Gasteiger charge is -2.36. The van der Waals surface area contributed by atoms with E-state index in [2.05, 4.69) is 24.4 Å². The number of nitrogens with one attached hydrogen (secondary N) is 1. The fraction of sp³-hybridized carbons (Fsp3) is 0.500. The second kappa shape index (κ2) is 4.33. The van der Waals surface area contributed by atoms with Gasteiger partial charge < -0.3 is 5.32 Å². The standard InChI is InChI=1S/C12H16ClN/c1-2-14-12-7-10(8-12)9-3-5-11(13)6-4-9/h3-6,10,12,14H,2,7-8H2,1H3. The van der Waals surface area contributed by atoms with Crippen molar-refractivity contribution in [3.63, 3.8) is 0 Å². The summed E-state index contributed by atoms with van der Waals surface area (Å²) in [5, 5.41) is 4.30. The van der Waals surface area contributed by atoms with Crippen LogP contribution >= 0.6 is 11.6 Å². The van der Waals surface area contributed by atoms with Crippen LogP contribution in [0.25, 0.3) is 0 Å². The van der Waals surface area contributed by atoms with E-state index in [-0.39, 0.29) is 0 Å². The van der Waals surface area contributed by atoms with Gasteiger partial charge in [-0.15, -0.1) is 0 Å². The fourth-order valence-electron chi connectivity index (χ4n) is 2.08. The van der Waals surface area contributed by atoms with Crippen molar-refractivity contribution in [2.24, 2.45) is 0 Å². The molecule has 0 spiro atoms. The van der Waals surface area contributed by atoms with Gasteiger partial charge >= 0.3 is 0 Å². The van der Waals surface area contributed by atoms with Gasteiger partial charge in [-0.25, -0.2) is 0 Å². The minimum absolute atomic E-state index is 0.737. The van der Waals surface area contributed by atoms with Crippen molar-refractivity contribution in [1.82, 2.24) is 5.32 Å². The normalized spacial score (nSPS) is 25.9. The lowest BCUT2D eigenvalue weighted by atomic mass is 9.76. The van der Waals surface area contributed by atoms with Crippen LogP contribution in [0.4, 0.5) is 0 Å². The molecule has 76 valence electrons. The maximum atomic E-state index is 5.84. The number of rotatable bonds is 3. The van der Waals surface area contributed by atoms with Crippen molar-refractivity contribution in [3.05, 3.63) is 34.9 Å². The van der Waals surface area contributed by atoms with Gasteiger partial charge in [0, 0.05) is 11.1 Å². The average molecular weight is 210 g/mol. The average Bonchev–Trinajstić information content (AvgIpc) is 2.13.